The summed E-state index contributed by atoms with van der Waals surface area (Å²) in [5.41, 5.74) is 3.91. The van der Waals surface area contributed by atoms with Gasteiger partial charge in [0, 0.05) is 28.1 Å². The number of rotatable bonds is 2. The maximum absolute atomic E-state index is 11.2. The molecule has 0 spiro atoms. The molecule has 0 unspecified atom stereocenters. The van der Waals surface area contributed by atoms with Crippen molar-refractivity contribution < 1.29 is 0 Å². The van der Waals surface area contributed by atoms with Gasteiger partial charge < -0.3 is 4.98 Å². The first-order valence-electron chi connectivity index (χ1n) is 6.32. The molecule has 0 aliphatic rings. The number of fused-ring (bicyclic) bond motifs is 1. The molecule has 2 heterocycles. The van der Waals surface area contributed by atoms with Crippen LogP contribution in [0.2, 0.25) is 0 Å². The summed E-state index contributed by atoms with van der Waals surface area (Å²) in [5, 5.41) is 1.17. The molecule has 1 aromatic carbocycles. The number of aryl methyl sites for hydroxylation is 1. The highest BCUT2D eigenvalue weighted by atomic mass is 32.2. The van der Waals surface area contributed by atoms with Crippen molar-refractivity contribution in [2.24, 2.45) is 0 Å². The zero-order valence-corrected chi connectivity index (χ0v) is 12.1. The molecule has 0 saturated carbocycles. The molecule has 0 aliphatic heterocycles. The van der Waals surface area contributed by atoms with Crippen LogP contribution in [0.15, 0.2) is 52.3 Å². The summed E-state index contributed by atoms with van der Waals surface area (Å²) < 4.78 is 0. The third-order valence-electron chi connectivity index (χ3n) is 3.31. The van der Waals surface area contributed by atoms with E-state index in [-0.39, 0.29) is 5.56 Å². The molecule has 0 fully saturated rings. The van der Waals surface area contributed by atoms with Crippen LogP contribution in [0, 0.1) is 6.92 Å². The fourth-order valence-corrected chi connectivity index (χ4v) is 2.84. The number of hydrogen-bond acceptors (Lipinski definition) is 3. The van der Waals surface area contributed by atoms with Crippen LogP contribution in [0.3, 0.4) is 0 Å². The molecule has 20 heavy (non-hydrogen) atoms. The summed E-state index contributed by atoms with van der Waals surface area (Å²) in [4.78, 5) is 19.8. The molecule has 3 nitrogen and oxygen atoms in total. The first kappa shape index (κ1) is 12.9. The SMILES string of the molecule is CSc1cccc2c(C)cc(-c3ccc(=O)[nH]c3)nc12. The van der Waals surface area contributed by atoms with E-state index in [4.69, 9.17) is 4.98 Å². The predicted octanol–water partition coefficient (Wildman–Crippen LogP) is 3.62. The molecule has 0 amide bonds. The molecule has 3 aromatic rings. The molecule has 1 N–H and O–H groups in total. The predicted molar refractivity (Wildman–Crippen MR) is 84.3 cm³/mol. The molecule has 0 radical (unpaired) electrons. The second kappa shape index (κ2) is 5.13. The Bertz CT molecular complexity index is 819. The lowest BCUT2D eigenvalue weighted by molar-refractivity contribution is 1.22. The maximum atomic E-state index is 11.2. The van der Waals surface area contributed by atoms with Crippen molar-refractivity contribution in [2.45, 2.75) is 11.8 Å². The van der Waals surface area contributed by atoms with Crippen molar-refractivity contribution in [3.63, 3.8) is 0 Å². The zero-order valence-electron chi connectivity index (χ0n) is 11.3. The fraction of sp³-hybridized carbons (Fsp3) is 0.125. The highest BCUT2D eigenvalue weighted by Gasteiger charge is 2.08. The lowest BCUT2D eigenvalue weighted by atomic mass is 10.1. The van der Waals surface area contributed by atoms with Crippen LogP contribution in [0.4, 0.5) is 0 Å². The Balaban J connectivity index is 2.27. The Kier molecular flexibility index (Phi) is 3.32. The number of hydrogen-bond donors (Lipinski definition) is 1. The van der Waals surface area contributed by atoms with E-state index in [0.717, 1.165) is 21.7 Å². The van der Waals surface area contributed by atoms with E-state index >= 15 is 0 Å². The minimum absolute atomic E-state index is 0.101. The van der Waals surface area contributed by atoms with E-state index in [2.05, 4.69) is 42.4 Å². The standard InChI is InChI=1S/C16H14N2OS/c1-10-8-13(11-6-7-15(19)17-9-11)18-16-12(10)4-3-5-14(16)20-2/h3-9H,1-2H3,(H,17,19). The summed E-state index contributed by atoms with van der Waals surface area (Å²) >= 11 is 1.69. The normalized spacial score (nSPS) is 10.9. The Morgan fingerprint density at radius 1 is 1.20 bits per heavy atom. The van der Waals surface area contributed by atoms with Crippen molar-refractivity contribution >= 4 is 22.7 Å². The van der Waals surface area contributed by atoms with Crippen LogP contribution in [0.5, 0.6) is 0 Å². The lowest BCUT2D eigenvalue weighted by Gasteiger charge is -2.09. The number of benzene rings is 1. The van der Waals surface area contributed by atoms with Crippen LogP contribution in [-0.4, -0.2) is 16.2 Å². The van der Waals surface area contributed by atoms with E-state index < -0.39 is 0 Å². The quantitative estimate of drug-likeness (QED) is 0.730. The van der Waals surface area contributed by atoms with E-state index in [1.165, 1.54) is 17.0 Å². The molecule has 0 aliphatic carbocycles. The largest absolute Gasteiger partial charge is 0.328 e. The van der Waals surface area contributed by atoms with Crippen LogP contribution >= 0.6 is 11.8 Å². The fourth-order valence-electron chi connectivity index (χ4n) is 2.27. The second-order valence-electron chi connectivity index (χ2n) is 4.62. The number of nitrogens with zero attached hydrogens (tertiary/aromatic N) is 1. The highest BCUT2D eigenvalue weighted by Crippen LogP contribution is 2.29. The molecular weight excluding hydrogens is 268 g/mol. The number of aromatic amines is 1. The summed E-state index contributed by atoms with van der Waals surface area (Å²) in [6.45, 7) is 2.09. The van der Waals surface area contributed by atoms with E-state index in [0.29, 0.717) is 0 Å². The van der Waals surface area contributed by atoms with Gasteiger partial charge in [-0.2, -0.15) is 0 Å². The third-order valence-corrected chi connectivity index (χ3v) is 4.08. The van der Waals surface area contributed by atoms with E-state index in [9.17, 15) is 4.79 Å². The van der Waals surface area contributed by atoms with Crippen LogP contribution in [0.1, 0.15) is 5.56 Å². The number of thioether (sulfide) groups is 1. The van der Waals surface area contributed by atoms with Crippen molar-refractivity contribution in [3.8, 4) is 11.3 Å². The lowest BCUT2D eigenvalue weighted by Crippen LogP contribution is -2.02. The van der Waals surface area contributed by atoms with Crippen LogP contribution < -0.4 is 5.56 Å². The van der Waals surface area contributed by atoms with Gasteiger partial charge in [-0.25, -0.2) is 4.98 Å². The Morgan fingerprint density at radius 2 is 2.05 bits per heavy atom. The minimum Gasteiger partial charge on any atom is -0.328 e. The van der Waals surface area contributed by atoms with E-state index in [1.807, 2.05) is 0 Å². The Hall–Kier alpha value is -2.07. The summed E-state index contributed by atoms with van der Waals surface area (Å²) in [5.74, 6) is 0. The first-order valence-corrected chi connectivity index (χ1v) is 7.55. The monoisotopic (exact) mass is 282 g/mol. The molecule has 2 aromatic heterocycles. The summed E-state index contributed by atoms with van der Waals surface area (Å²) in [6.07, 6.45) is 3.76. The van der Waals surface area contributed by atoms with Crippen molar-refractivity contribution in [3.05, 3.63) is 58.5 Å². The second-order valence-corrected chi connectivity index (χ2v) is 5.47. The third kappa shape index (κ3) is 2.23. The topological polar surface area (TPSA) is 45.8 Å². The van der Waals surface area contributed by atoms with Gasteiger partial charge in [-0.3, -0.25) is 4.79 Å². The Labute approximate surface area is 121 Å². The smallest absolute Gasteiger partial charge is 0.247 e. The highest BCUT2D eigenvalue weighted by molar-refractivity contribution is 7.98. The molecule has 100 valence electrons. The molecule has 0 atom stereocenters. The first-order chi connectivity index (χ1) is 9.69. The average molecular weight is 282 g/mol. The molecule has 0 bridgehead atoms. The van der Waals surface area contributed by atoms with Crippen molar-refractivity contribution in [1.82, 2.24) is 9.97 Å². The number of para-hydroxylation sites is 1. The van der Waals surface area contributed by atoms with Gasteiger partial charge in [0.2, 0.25) is 5.56 Å². The van der Waals surface area contributed by atoms with Gasteiger partial charge in [-0.05, 0) is 36.9 Å². The molecule has 4 heteroatoms. The van der Waals surface area contributed by atoms with E-state index in [1.54, 1.807) is 24.0 Å². The maximum Gasteiger partial charge on any atom is 0.247 e. The summed E-state index contributed by atoms with van der Waals surface area (Å²) in [7, 11) is 0. The van der Waals surface area contributed by atoms with Gasteiger partial charge >= 0.3 is 0 Å². The van der Waals surface area contributed by atoms with Gasteiger partial charge in [-0.1, -0.05) is 12.1 Å². The van der Waals surface area contributed by atoms with Crippen molar-refractivity contribution in [2.75, 3.05) is 6.26 Å². The number of H-pyrrole nitrogens is 1. The van der Waals surface area contributed by atoms with Gasteiger partial charge in [-0.15, -0.1) is 11.8 Å². The van der Waals surface area contributed by atoms with Gasteiger partial charge in [0.15, 0.2) is 0 Å². The minimum atomic E-state index is -0.101. The number of aromatic nitrogens is 2. The van der Waals surface area contributed by atoms with Crippen LogP contribution in [0.25, 0.3) is 22.2 Å². The van der Waals surface area contributed by atoms with Gasteiger partial charge in [0.05, 0.1) is 11.2 Å². The number of pyridine rings is 2. The summed E-state index contributed by atoms with van der Waals surface area (Å²) in [6, 6.07) is 11.6. The molecular formula is C16H14N2OS. The molecule has 0 saturated heterocycles. The zero-order chi connectivity index (χ0) is 14.1. The average Bonchev–Trinajstić information content (AvgIpc) is 2.47. The Morgan fingerprint density at radius 3 is 2.75 bits per heavy atom. The molecule has 3 rings (SSSR count). The van der Waals surface area contributed by atoms with Gasteiger partial charge in [0.1, 0.15) is 0 Å². The van der Waals surface area contributed by atoms with Crippen LogP contribution in [-0.2, 0) is 0 Å². The number of nitrogens with one attached hydrogen (secondary N) is 1. The van der Waals surface area contributed by atoms with Gasteiger partial charge in [0.25, 0.3) is 0 Å². The van der Waals surface area contributed by atoms with Crippen molar-refractivity contribution in [1.29, 1.82) is 0 Å².